The molecule has 0 bridgehead atoms. The molecular formula is C66H49N5. The van der Waals surface area contributed by atoms with Crippen molar-refractivity contribution in [1.29, 1.82) is 0 Å². The standard InChI is InChI=1S/C66H49N5/c1-46-41-52(48-33-35-50(36-34-48)62-45-61(49-21-9-3-10-22-49)67-66(68-62)51-23-11-4-12-24-51)42-47(2)65(46)71-63-39-37-57(69(53-25-13-5-14-26-53)54-27-15-6-16-28-54)43-59(63)60-44-58(38-40-64(60)71)70(55-29-17-7-18-30-55)56-31-19-8-20-32-56/h3-45H,1-2H3. The summed E-state index contributed by atoms with van der Waals surface area (Å²) < 4.78 is 2.48. The van der Waals surface area contributed by atoms with Crippen LogP contribution in [0.4, 0.5) is 34.1 Å². The first-order chi connectivity index (χ1) is 35.0. The SMILES string of the molecule is Cc1cc(-c2ccc(-c3cc(-c4ccccc4)nc(-c4ccccc4)n3)cc2)cc(C)c1-n1c2ccc(N(c3ccccc3)c3ccccc3)cc2c2cc(N(c3ccccc3)c3ccccc3)ccc21. The summed E-state index contributed by atoms with van der Waals surface area (Å²) in [6.07, 6.45) is 0. The zero-order chi connectivity index (χ0) is 47.7. The molecule has 12 rings (SSSR count). The maximum Gasteiger partial charge on any atom is 0.160 e. The number of hydrogen-bond acceptors (Lipinski definition) is 4. The number of benzene rings is 10. The molecule has 0 radical (unpaired) electrons. The monoisotopic (exact) mass is 911 g/mol. The van der Waals surface area contributed by atoms with Crippen molar-refractivity contribution >= 4 is 55.9 Å². The van der Waals surface area contributed by atoms with E-state index in [1.807, 2.05) is 24.3 Å². The summed E-state index contributed by atoms with van der Waals surface area (Å²) in [4.78, 5) is 14.8. The molecule has 2 heterocycles. The Hall–Kier alpha value is -9.32. The Morgan fingerprint density at radius 3 is 1.06 bits per heavy atom. The lowest BCUT2D eigenvalue weighted by Gasteiger charge is -2.26. The highest BCUT2D eigenvalue weighted by molar-refractivity contribution is 6.12. The molecule has 0 aliphatic heterocycles. The molecule has 12 aromatic rings. The van der Waals surface area contributed by atoms with Crippen LogP contribution in [0.5, 0.6) is 0 Å². The third-order valence-corrected chi connectivity index (χ3v) is 13.4. The molecule has 0 aliphatic carbocycles. The van der Waals surface area contributed by atoms with Gasteiger partial charge in [-0.15, -0.1) is 0 Å². The molecule has 5 heteroatoms. The molecule has 2 aromatic heterocycles. The van der Waals surface area contributed by atoms with E-state index in [1.165, 1.54) is 33.2 Å². The first-order valence-corrected chi connectivity index (χ1v) is 24.2. The molecule has 0 saturated carbocycles. The Morgan fingerprint density at radius 1 is 0.296 bits per heavy atom. The molecule has 0 saturated heterocycles. The topological polar surface area (TPSA) is 37.2 Å². The van der Waals surface area contributed by atoms with Crippen LogP contribution in [0.25, 0.3) is 72.5 Å². The molecule has 0 N–H and O–H groups in total. The molecule has 0 unspecified atom stereocenters. The number of rotatable bonds is 11. The zero-order valence-corrected chi connectivity index (χ0v) is 39.6. The summed E-state index contributed by atoms with van der Waals surface area (Å²) in [5, 5.41) is 2.35. The van der Waals surface area contributed by atoms with Gasteiger partial charge in [0.25, 0.3) is 0 Å². The number of fused-ring (bicyclic) bond motifs is 3. The summed E-state index contributed by atoms with van der Waals surface area (Å²) in [6.45, 7) is 4.49. The maximum absolute atomic E-state index is 5.09. The third kappa shape index (κ3) is 8.30. The van der Waals surface area contributed by atoms with Crippen molar-refractivity contribution in [3.05, 3.63) is 272 Å². The summed E-state index contributed by atoms with van der Waals surface area (Å²) in [5.41, 5.74) is 19.6. The van der Waals surface area contributed by atoms with Crippen molar-refractivity contribution < 1.29 is 0 Å². The molecule has 0 amide bonds. The van der Waals surface area contributed by atoms with Crippen molar-refractivity contribution in [1.82, 2.24) is 14.5 Å². The van der Waals surface area contributed by atoms with Gasteiger partial charge >= 0.3 is 0 Å². The fourth-order valence-electron chi connectivity index (χ4n) is 10.1. The van der Waals surface area contributed by atoms with E-state index in [-0.39, 0.29) is 0 Å². The average molecular weight is 912 g/mol. The largest absolute Gasteiger partial charge is 0.310 e. The molecule has 0 fully saturated rings. The van der Waals surface area contributed by atoms with E-state index >= 15 is 0 Å². The second-order valence-corrected chi connectivity index (χ2v) is 18.0. The van der Waals surface area contributed by atoms with Crippen LogP contribution in [-0.2, 0) is 0 Å². The lowest BCUT2D eigenvalue weighted by Crippen LogP contribution is -2.09. The number of aryl methyl sites for hydroxylation is 2. The van der Waals surface area contributed by atoms with Gasteiger partial charge in [0.15, 0.2) is 5.82 Å². The minimum atomic E-state index is 0.708. The van der Waals surface area contributed by atoms with Crippen LogP contribution in [0, 0.1) is 13.8 Å². The molecule has 10 aromatic carbocycles. The highest BCUT2D eigenvalue weighted by Crippen LogP contribution is 2.44. The van der Waals surface area contributed by atoms with Crippen molar-refractivity contribution in [3.63, 3.8) is 0 Å². The van der Waals surface area contributed by atoms with Crippen molar-refractivity contribution in [3.8, 4) is 50.7 Å². The minimum absolute atomic E-state index is 0.708. The van der Waals surface area contributed by atoms with E-state index in [2.05, 4.69) is 265 Å². The summed E-state index contributed by atoms with van der Waals surface area (Å²) in [5.74, 6) is 0.708. The summed E-state index contributed by atoms with van der Waals surface area (Å²) in [7, 11) is 0. The fourth-order valence-corrected chi connectivity index (χ4v) is 10.1. The van der Waals surface area contributed by atoms with Crippen LogP contribution in [0.2, 0.25) is 0 Å². The molecular weight excluding hydrogens is 863 g/mol. The highest BCUT2D eigenvalue weighted by atomic mass is 15.1. The first kappa shape index (κ1) is 43.0. The highest BCUT2D eigenvalue weighted by Gasteiger charge is 2.22. The van der Waals surface area contributed by atoms with Gasteiger partial charge in [-0.1, -0.05) is 158 Å². The van der Waals surface area contributed by atoms with E-state index in [0.29, 0.717) is 5.82 Å². The van der Waals surface area contributed by atoms with Gasteiger partial charge in [0.2, 0.25) is 0 Å². The Morgan fingerprint density at radius 2 is 0.648 bits per heavy atom. The predicted octanol–water partition coefficient (Wildman–Crippen LogP) is 17.8. The molecule has 0 aliphatic rings. The molecule has 0 atom stereocenters. The van der Waals surface area contributed by atoms with Crippen molar-refractivity contribution in [2.24, 2.45) is 0 Å². The fraction of sp³-hybridized carbons (Fsp3) is 0.0303. The van der Waals surface area contributed by atoms with E-state index < -0.39 is 0 Å². The van der Waals surface area contributed by atoms with Gasteiger partial charge in [0, 0.05) is 61.6 Å². The van der Waals surface area contributed by atoms with Crippen molar-refractivity contribution in [2.75, 3.05) is 9.80 Å². The predicted molar refractivity (Wildman–Crippen MR) is 297 cm³/mol. The summed E-state index contributed by atoms with van der Waals surface area (Å²) >= 11 is 0. The second kappa shape index (κ2) is 18.6. The van der Waals surface area contributed by atoms with Gasteiger partial charge in [0.1, 0.15) is 0 Å². The first-order valence-electron chi connectivity index (χ1n) is 24.2. The number of nitrogens with zero attached hydrogens (tertiary/aromatic N) is 5. The molecule has 5 nitrogen and oxygen atoms in total. The van der Waals surface area contributed by atoms with E-state index in [4.69, 9.17) is 9.97 Å². The Bertz CT molecular complexity index is 3500. The van der Waals surface area contributed by atoms with Crippen LogP contribution in [0.15, 0.2) is 261 Å². The van der Waals surface area contributed by atoms with Crippen molar-refractivity contribution in [2.45, 2.75) is 13.8 Å². The maximum atomic E-state index is 5.09. The normalized spacial score (nSPS) is 11.2. The quantitative estimate of drug-likeness (QED) is 0.130. The number of hydrogen-bond donors (Lipinski definition) is 0. The minimum Gasteiger partial charge on any atom is -0.310 e. The Balaban J connectivity index is 0.985. The van der Waals surface area contributed by atoms with E-state index in [0.717, 1.165) is 78.8 Å². The lowest BCUT2D eigenvalue weighted by atomic mass is 9.97. The third-order valence-electron chi connectivity index (χ3n) is 13.4. The van der Waals surface area contributed by atoms with Gasteiger partial charge in [-0.2, -0.15) is 0 Å². The van der Waals surface area contributed by atoms with Gasteiger partial charge < -0.3 is 14.4 Å². The molecule has 71 heavy (non-hydrogen) atoms. The lowest BCUT2D eigenvalue weighted by molar-refractivity contribution is 1.12. The Kier molecular flexibility index (Phi) is 11.3. The van der Waals surface area contributed by atoms with Crippen LogP contribution in [-0.4, -0.2) is 14.5 Å². The molecule has 0 spiro atoms. The van der Waals surface area contributed by atoms with Gasteiger partial charge in [-0.3, -0.25) is 0 Å². The zero-order valence-electron chi connectivity index (χ0n) is 39.6. The molecule has 338 valence electrons. The van der Waals surface area contributed by atoms with E-state index in [1.54, 1.807) is 0 Å². The van der Waals surface area contributed by atoms with Crippen LogP contribution < -0.4 is 9.80 Å². The van der Waals surface area contributed by atoms with Crippen LogP contribution in [0.3, 0.4) is 0 Å². The second-order valence-electron chi connectivity index (χ2n) is 18.0. The number of anilines is 6. The van der Waals surface area contributed by atoms with Gasteiger partial charge in [-0.05, 0) is 139 Å². The summed E-state index contributed by atoms with van der Waals surface area (Å²) in [6, 6.07) is 92.6. The van der Waals surface area contributed by atoms with Gasteiger partial charge in [-0.25, -0.2) is 9.97 Å². The number of para-hydroxylation sites is 4. The van der Waals surface area contributed by atoms with Crippen LogP contribution in [0.1, 0.15) is 11.1 Å². The van der Waals surface area contributed by atoms with Gasteiger partial charge in [0.05, 0.1) is 28.1 Å². The van der Waals surface area contributed by atoms with Crippen LogP contribution >= 0.6 is 0 Å². The van der Waals surface area contributed by atoms with E-state index in [9.17, 15) is 0 Å². The Labute approximate surface area is 414 Å². The smallest absolute Gasteiger partial charge is 0.160 e. The number of aromatic nitrogens is 3. The average Bonchev–Trinajstić information content (AvgIpc) is 3.74.